The standard InChI is InChI=1S/C22H27N5O/c1-12(2)20-21(16-7-13(3)24-14(4)8-16)25-17-9-15-5-6-27(11-19(23)28)10-18(15)26-22(17)20/h7-9,12,25H,5-6,10-11H2,1-4H3,(H2,23,28). The average molecular weight is 377 g/mol. The van der Waals surface area contributed by atoms with Crippen molar-refractivity contribution >= 4 is 16.9 Å². The van der Waals surface area contributed by atoms with Gasteiger partial charge in [0.15, 0.2) is 0 Å². The molecule has 0 bridgehead atoms. The normalized spacial score (nSPS) is 14.6. The largest absolute Gasteiger partial charge is 0.369 e. The third kappa shape index (κ3) is 3.40. The molecule has 0 saturated carbocycles. The Bertz CT molecular complexity index is 1050. The zero-order chi connectivity index (χ0) is 20.0. The van der Waals surface area contributed by atoms with E-state index in [0.717, 1.165) is 52.3 Å². The molecular weight excluding hydrogens is 350 g/mol. The summed E-state index contributed by atoms with van der Waals surface area (Å²) >= 11 is 0. The first-order chi connectivity index (χ1) is 13.3. The van der Waals surface area contributed by atoms with Crippen molar-refractivity contribution in [3.05, 3.63) is 46.4 Å². The highest BCUT2D eigenvalue weighted by molar-refractivity contribution is 5.89. The van der Waals surface area contributed by atoms with Crippen LogP contribution in [0.2, 0.25) is 0 Å². The third-order valence-electron chi connectivity index (χ3n) is 5.37. The van der Waals surface area contributed by atoms with Crippen molar-refractivity contribution in [3.8, 4) is 11.3 Å². The fourth-order valence-corrected chi connectivity index (χ4v) is 4.26. The summed E-state index contributed by atoms with van der Waals surface area (Å²) in [4.78, 5) is 26.6. The molecule has 0 saturated heterocycles. The van der Waals surface area contributed by atoms with Gasteiger partial charge in [-0.05, 0) is 49.9 Å². The Kier molecular flexibility index (Phi) is 4.67. The number of primary amides is 1. The molecule has 0 fully saturated rings. The van der Waals surface area contributed by atoms with E-state index in [-0.39, 0.29) is 12.5 Å². The van der Waals surface area contributed by atoms with Crippen LogP contribution in [0.3, 0.4) is 0 Å². The third-order valence-corrected chi connectivity index (χ3v) is 5.37. The van der Waals surface area contributed by atoms with Gasteiger partial charge in [-0.15, -0.1) is 0 Å². The van der Waals surface area contributed by atoms with Crippen molar-refractivity contribution in [1.82, 2.24) is 19.9 Å². The topological polar surface area (TPSA) is 87.9 Å². The number of nitrogens with two attached hydrogens (primary N) is 1. The number of rotatable bonds is 4. The molecule has 6 nitrogen and oxygen atoms in total. The van der Waals surface area contributed by atoms with Crippen molar-refractivity contribution < 1.29 is 4.79 Å². The van der Waals surface area contributed by atoms with E-state index in [1.54, 1.807) is 0 Å². The van der Waals surface area contributed by atoms with Crippen LogP contribution in [-0.2, 0) is 17.8 Å². The molecule has 0 spiro atoms. The number of aryl methyl sites for hydroxylation is 2. The molecule has 146 valence electrons. The van der Waals surface area contributed by atoms with E-state index in [1.807, 2.05) is 13.8 Å². The van der Waals surface area contributed by atoms with E-state index in [9.17, 15) is 4.79 Å². The number of amides is 1. The summed E-state index contributed by atoms with van der Waals surface area (Å²) in [6, 6.07) is 6.48. The van der Waals surface area contributed by atoms with Crippen molar-refractivity contribution in [3.63, 3.8) is 0 Å². The van der Waals surface area contributed by atoms with Crippen LogP contribution in [0.5, 0.6) is 0 Å². The number of nitrogens with one attached hydrogen (secondary N) is 1. The molecule has 1 aliphatic rings. The van der Waals surface area contributed by atoms with E-state index in [4.69, 9.17) is 10.7 Å². The molecule has 0 atom stereocenters. The van der Waals surface area contributed by atoms with Crippen LogP contribution in [0.1, 0.15) is 48.0 Å². The van der Waals surface area contributed by atoms with Crippen molar-refractivity contribution in [2.24, 2.45) is 5.73 Å². The summed E-state index contributed by atoms with van der Waals surface area (Å²) in [5.74, 6) is 0.0353. The molecule has 28 heavy (non-hydrogen) atoms. The van der Waals surface area contributed by atoms with Crippen LogP contribution in [0.25, 0.3) is 22.3 Å². The zero-order valence-corrected chi connectivity index (χ0v) is 17.0. The first-order valence-corrected chi connectivity index (χ1v) is 9.82. The number of hydrogen-bond acceptors (Lipinski definition) is 4. The first-order valence-electron chi connectivity index (χ1n) is 9.82. The smallest absolute Gasteiger partial charge is 0.231 e. The van der Waals surface area contributed by atoms with Gasteiger partial charge in [-0.2, -0.15) is 0 Å². The van der Waals surface area contributed by atoms with Crippen LogP contribution in [-0.4, -0.2) is 38.8 Å². The molecule has 0 aromatic carbocycles. The monoisotopic (exact) mass is 377 g/mol. The Morgan fingerprint density at radius 2 is 1.93 bits per heavy atom. The molecule has 0 aliphatic carbocycles. The number of carbonyl (C=O) groups is 1. The van der Waals surface area contributed by atoms with Gasteiger partial charge in [-0.3, -0.25) is 14.7 Å². The zero-order valence-electron chi connectivity index (χ0n) is 17.0. The second-order valence-corrected chi connectivity index (χ2v) is 8.12. The Balaban J connectivity index is 1.85. The van der Waals surface area contributed by atoms with Gasteiger partial charge in [0.1, 0.15) is 0 Å². The van der Waals surface area contributed by atoms with Crippen molar-refractivity contribution in [1.29, 1.82) is 0 Å². The second kappa shape index (κ2) is 7.02. The highest BCUT2D eigenvalue weighted by Crippen LogP contribution is 2.36. The van der Waals surface area contributed by atoms with E-state index in [0.29, 0.717) is 12.5 Å². The lowest BCUT2D eigenvalue weighted by Crippen LogP contribution is -2.37. The van der Waals surface area contributed by atoms with Crippen LogP contribution in [0.15, 0.2) is 18.2 Å². The van der Waals surface area contributed by atoms with Crippen molar-refractivity contribution in [2.75, 3.05) is 13.1 Å². The highest BCUT2D eigenvalue weighted by atomic mass is 16.1. The van der Waals surface area contributed by atoms with Crippen LogP contribution in [0, 0.1) is 13.8 Å². The number of carbonyl (C=O) groups excluding carboxylic acids is 1. The highest BCUT2D eigenvalue weighted by Gasteiger charge is 2.23. The fraction of sp³-hybridized carbons (Fsp3) is 0.409. The number of H-pyrrole nitrogens is 1. The Morgan fingerprint density at radius 1 is 1.21 bits per heavy atom. The van der Waals surface area contributed by atoms with Gasteiger partial charge in [-0.25, -0.2) is 4.98 Å². The maximum Gasteiger partial charge on any atom is 0.231 e. The summed E-state index contributed by atoms with van der Waals surface area (Å²) in [7, 11) is 0. The van der Waals surface area contributed by atoms with Gasteiger partial charge in [-0.1, -0.05) is 13.8 Å². The number of pyridine rings is 2. The Hall–Kier alpha value is -2.73. The lowest BCUT2D eigenvalue weighted by atomic mass is 9.97. The lowest BCUT2D eigenvalue weighted by molar-refractivity contribution is -0.119. The summed E-state index contributed by atoms with van der Waals surface area (Å²) in [6.07, 6.45) is 0.879. The maximum absolute atomic E-state index is 11.3. The lowest BCUT2D eigenvalue weighted by Gasteiger charge is -2.26. The molecule has 3 aromatic rings. The SMILES string of the molecule is Cc1cc(-c2[nH]c3cc4c(nc3c2C(C)C)CN(CC(N)=O)CC4)cc(C)n1. The molecule has 1 aliphatic heterocycles. The van der Waals surface area contributed by atoms with E-state index in [2.05, 4.69) is 46.9 Å². The average Bonchev–Trinajstić information content (AvgIpc) is 2.97. The minimum atomic E-state index is -0.292. The summed E-state index contributed by atoms with van der Waals surface area (Å²) in [5.41, 5.74) is 15.3. The molecule has 4 rings (SSSR count). The molecule has 4 heterocycles. The second-order valence-electron chi connectivity index (χ2n) is 8.12. The molecule has 1 amide bonds. The van der Waals surface area contributed by atoms with Crippen LogP contribution in [0.4, 0.5) is 0 Å². The molecule has 3 N–H and O–H groups in total. The summed E-state index contributed by atoms with van der Waals surface area (Å²) in [6.45, 7) is 10.2. The molecular formula is C22H27N5O. The van der Waals surface area contributed by atoms with Gasteiger partial charge >= 0.3 is 0 Å². The molecule has 0 radical (unpaired) electrons. The first kappa shape index (κ1) is 18.6. The van der Waals surface area contributed by atoms with Gasteiger partial charge in [0.25, 0.3) is 0 Å². The minimum Gasteiger partial charge on any atom is -0.369 e. The minimum absolute atomic E-state index is 0.282. The predicted molar refractivity (Wildman–Crippen MR) is 111 cm³/mol. The van der Waals surface area contributed by atoms with E-state index in [1.165, 1.54) is 11.1 Å². The Labute approximate surface area is 165 Å². The van der Waals surface area contributed by atoms with Gasteiger partial charge in [0, 0.05) is 35.6 Å². The van der Waals surface area contributed by atoms with Crippen molar-refractivity contribution in [2.45, 2.75) is 46.6 Å². The summed E-state index contributed by atoms with van der Waals surface area (Å²) in [5, 5.41) is 0. The maximum atomic E-state index is 11.3. The predicted octanol–water partition coefficient (Wildman–Crippen LogP) is 3.21. The fourth-order valence-electron chi connectivity index (χ4n) is 4.26. The number of fused-ring (bicyclic) bond motifs is 2. The van der Waals surface area contributed by atoms with Crippen LogP contribution < -0.4 is 5.73 Å². The quantitative estimate of drug-likeness (QED) is 0.731. The summed E-state index contributed by atoms with van der Waals surface area (Å²) < 4.78 is 0. The Morgan fingerprint density at radius 3 is 2.57 bits per heavy atom. The van der Waals surface area contributed by atoms with Gasteiger partial charge < -0.3 is 10.7 Å². The van der Waals surface area contributed by atoms with Gasteiger partial charge in [0.05, 0.1) is 29.0 Å². The number of aromatic amines is 1. The van der Waals surface area contributed by atoms with E-state index < -0.39 is 0 Å². The molecule has 0 unspecified atom stereocenters. The molecule has 3 aromatic heterocycles. The van der Waals surface area contributed by atoms with Gasteiger partial charge in [0.2, 0.25) is 5.91 Å². The van der Waals surface area contributed by atoms with Crippen LogP contribution >= 0.6 is 0 Å². The number of hydrogen-bond donors (Lipinski definition) is 2. The van der Waals surface area contributed by atoms with E-state index >= 15 is 0 Å². The number of nitrogens with zero attached hydrogens (tertiary/aromatic N) is 3. The number of aromatic nitrogens is 3. The molecule has 6 heteroatoms.